The molecule has 1 aliphatic rings. The highest BCUT2D eigenvalue weighted by Gasteiger charge is 2.34. The highest BCUT2D eigenvalue weighted by molar-refractivity contribution is 7.10. The fourth-order valence-electron chi connectivity index (χ4n) is 2.16. The second-order valence-corrected chi connectivity index (χ2v) is 5.46. The van der Waals surface area contributed by atoms with E-state index in [9.17, 15) is 13.2 Å². The molecular formula is C12H16F3NO2S. The van der Waals surface area contributed by atoms with Gasteiger partial charge in [-0.05, 0) is 29.9 Å². The quantitative estimate of drug-likeness (QED) is 0.876. The normalized spacial score (nSPS) is 24.0. The van der Waals surface area contributed by atoms with Gasteiger partial charge in [-0.2, -0.15) is 13.2 Å². The van der Waals surface area contributed by atoms with Crippen LogP contribution in [0.3, 0.4) is 0 Å². The lowest BCUT2D eigenvalue weighted by atomic mass is 10.2. The number of ether oxygens (including phenoxy) is 1. The molecule has 19 heavy (non-hydrogen) atoms. The summed E-state index contributed by atoms with van der Waals surface area (Å²) in [6, 6.07) is 1.49. The van der Waals surface area contributed by atoms with Gasteiger partial charge in [-0.3, -0.25) is 0 Å². The van der Waals surface area contributed by atoms with Gasteiger partial charge in [0.1, 0.15) is 4.88 Å². The van der Waals surface area contributed by atoms with Crippen LogP contribution in [0.2, 0.25) is 0 Å². The maximum Gasteiger partial charge on any atom is 0.425 e. The van der Waals surface area contributed by atoms with Crippen molar-refractivity contribution in [3.8, 4) is 0 Å². The molecule has 108 valence electrons. The highest BCUT2D eigenvalue weighted by atomic mass is 32.1. The Labute approximate surface area is 113 Å². The summed E-state index contributed by atoms with van der Waals surface area (Å²) in [5.74, 6) is 0. The molecule has 1 saturated heterocycles. The van der Waals surface area contributed by atoms with Crippen molar-refractivity contribution in [1.29, 1.82) is 0 Å². The number of thiophene rings is 1. The van der Waals surface area contributed by atoms with Crippen LogP contribution in [0.5, 0.6) is 0 Å². The predicted molar refractivity (Wildman–Crippen MR) is 66.0 cm³/mol. The van der Waals surface area contributed by atoms with E-state index >= 15 is 0 Å². The zero-order valence-corrected chi connectivity index (χ0v) is 11.1. The Balaban J connectivity index is 1.79. The van der Waals surface area contributed by atoms with E-state index in [0.29, 0.717) is 17.9 Å². The zero-order valence-electron chi connectivity index (χ0n) is 10.2. The molecule has 1 aromatic rings. The Hall–Kier alpha value is -0.630. The van der Waals surface area contributed by atoms with Crippen LogP contribution in [-0.2, 0) is 17.5 Å². The van der Waals surface area contributed by atoms with Gasteiger partial charge < -0.3 is 15.2 Å². The molecule has 2 heterocycles. The molecule has 3 nitrogen and oxygen atoms in total. The van der Waals surface area contributed by atoms with Gasteiger partial charge in [0, 0.05) is 13.1 Å². The second kappa shape index (κ2) is 6.21. The Morgan fingerprint density at radius 1 is 1.37 bits per heavy atom. The van der Waals surface area contributed by atoms with Crippen LogP contribution >= 0.6 is 11.3 Å². The largest absolute Gasteiger partial charge is 0.425 e. The van der Waals surface area contributed by atoms with Crippen LogP contribution in [0.25, 0.3) is 0 Å². The SMILES string of the molecule is OC[C@@H]1CC[C@H](CNCc2ccsc2C(F)(F)F)O1. The first-order chi connectivity index (χ1) is 9.00. The Morgan fingerprint density at radius 2 is 2.11 bits per heavy atom. The van der Waals surface area contributed by atoms with E-state index in [2.05, 4.69) is 5.32 Å². The molecule has 2 rings (SSSR count). The van der Waals surface area contributed by atoms with Crippen molar-refractivity contribution in [2.75, 3.05) is 13.2 Å². The van der Waals surface area contributed by atoms with Crippen molar-refractivity contribution < 1.29 is 23.0 Å². The second-order valence-electron chi connectivity index (χ2n) is 4.54. The summed E-state index contributed by atoms with van der Waals surface area (Å²) >= 11 is 0.714. The molecule has 0 aliphatic carbocycles. The van der Waals surface area contributed by atoms with E-state index in [1.54, 1.807) is 0 Å². The maximum absolute atomic E-state index is 12.6. The summed E-state index contributed by atoms with van der Waals surface area (Å²) in [7, 11) is 0. The van der Waals surface area contributed by atoms with E-state index in [1.165, 1.54) is 11.4 Å². The Morgan fingerprint density at radius 3 is 2.74 bits per heavy atom. The molecule has 1 aromatic heterocycles. The summed E-state index contributed by atoms with van der Waals surface area (Å²) in [5, 5.41) is 13.4. The summed E-state index contributed by atoms with van der Waals surface area (Å²) in [5.41, 5.74) is 0.272. The molecule has 2 atom stereocenters. The fourth-order valence-corrected chi connectivity index (χ4v) is 2.95. The molecule has 0 bridgehead atoms. The summed E-state index contributed by atoms with van der Waals surface area (Å²) in [6.07, 6.45) is -2.80. The molecule has 0 amide bonds. The molecule has 1 aliphatic heterocycles. The Bertz CT molecular complexity index is 408. The molecule has 0 aromatic carbocycles. The zero-order chi connectivity index (χ0) is 13.9. The third kappa shape index (κ3) is 3.92. The topological polar surface area (TPSA) is 41.5 Å². The molecule has 1 fully saturated rings. The first-order valence-electron chi connectivity index (χ1n) is 6.11. The molecule has 0 radical (unpaired) electrons. The summed E-state index contributed by atoms with van der Waals surface area (Å²) < 4.78 is 43.4. The van der Waals surface area contributed by atoms with Crippen molar-refractivity contribution in [1.82, 2.24) is 5.32 Å². The average Bonchev–Trinajstić information content (AvgIpc) is 2.96. The molecule has 0 spiro atoms. The number of halogens is 3. The van der Waals surface area contributed by atoms with E-state index < -0.39 is 11.1 Å². The van der Waals surface area contributed by atoms with E-state index in [-0.39, 0.29) is 30.9 Å². The van der Waals surface area contributed by atoms with Gasteiger partial charge in [-0.25, -0.2) is 0 Å². The van der Waals surface area contributed by atoms with Crippen molar-refractivity contribution in [3.05, 3.63) is 21.9 Å². The van der Waals surface area contributed by atoms with E-state index in [0.717, 1.165) is 12.8 Å². The third-order valence-corrected chi connectivity index (χ3v) is 4.09. The third-order valence-electron chi connectivity index (χ3n) is 3.09. The number of nitrogens with one attached hydrogen (secondary N) is 1. The smallest absolute Gasteiger partial charge is 0.394 e. The standard InChI is InChI=1S/C12H16F3NO2S/c13-12(14,15)11-8(3-4-19-11)5-16-6-9-1-2-10(7-17)18-9/h3-4,9-10,16-17H,1-2,5-7H2/t9-,10+/m1/s1. The lowest BCUT2D eigenvalue weighted by Crippen LogP contribution is -2.27. The van der Waals surface area contributed by atoms with Crippen LogP contribution in [0, 0.1) is 0 Å². The minimum absolute atomic E-state index is 0.000742. The van der Waals surface area contributed by atoms with Crippen LogP contribution in [0.15, 0.2) is 11.4 Å². The monoisotopic (exact) mass is 295 g/mol. The number of aliphatic hydroxyl groups is 1. The lowest BCUT2D eigenvalue weighted by Gasteiger charge is -2.13. The number of rotatable bonds is 5. The fraction of sp³-hybridized carbons (Fsp3) is 0.667. The van der Waals surface area contributed by atoms with Gasteiger partial charge in [0.2, 0.25) is 0 Å². The summed E-state index contributed by atoms with van der Waals surface area (Å²) in [6.45, 7) is 0.685. The molecule has 0 saturated carbocycles. The minimum Gasteiger partial charge on any atom is -0.394 e. The number of hydrogen-bond donors (Lipinski definition) is 2. The molecular weight excluding hydrogens is 279 g/mol. The van der Waals surface area contributed by atoms with Gasteiger partial charge >= 0.3 is 6.18 Å². The molecule has 2 N–H and O–H groups in total. The Kier molecular flexibility index (Phi) is 4.83. The van der Waals surface area contributed by atoms with E-state index in [4.69, 9.17) is 9.84 Å². The van der Waals surface area contributed by atoms with Crippen molar-refractivity contribution in [2.24, 2.45) is 0 Å². The van der Waals surface area contributed by atoms with Crippen LogP contribution in [0.4, 0.5) is 13.2 Å². The molecule has 7 heteroatoms. The maximum atomic E-state index is 12.6. The van der Waals surface area contributed by atoms with Gasteiger partial charge in [-0.1, -0.05) is 0 Å². The summed E-state index contributed by atoms with van der Waals surface area (Å²) in [4.78, 5) is -0.541. The van der Waals surface area contributed by atoms with Crippen molar-refractivity contribution >= 4 is 11.3 Å². The van der Waals surface area contributed by atoms with E-state index in [1.807, 2.05) is 0 Å². The van der Waals surface area contributed by atoms with Crippen molar-refractivity contribution in [3.63, 3.8) is 0 Å². The first kappa shape index (κ1) is 14.8. The predicted octanol–water partition coefficient (Wildman–Crippen LogP) is 2.40. The van der Waals surface area contributed by atoms with Crippen LogP contribution < -0.4 is 5.32 Å². The van der Waals surface area contributed by atoms with Gasteiger partial charge in [0.25, 0.3) is 0 Å². The van der Waals surface area contributed by atoms with Crippen LogP contribution in [0.1, 0.15) is 23.3 Å². The van der Waals surface area contributed by atoms with Gasteiger partial charge in [0.15, 0.2) is 0 Å². The van der Waals surface area contributed by atoms with Gasteiger partial charge in [0.05, 0.1) is 18.8 Å². The number of hydrogen-bond acceptors (Lipinski definition) is 4. The lowest BCUT2D eigenvalue weighted by molar-refractivity contribution is -0.134. The molecule has 0 unspecified atom stereocenters. The first-order valence-corrected chi connectivity index (χ1v) is 6.99. The van der Waals surface area contributed by atoms with Crippen molar-refractivity contribution in [2.45, 2.75) is 37.8 Å². The number of aliphatic hydroxyl groups excluding tert-OH is 1. The minimum atomic E-state index is -4.28. The average molecular weight is 295 g/mol. The van der Waals surface area contributed by atoms with Crippen LogP contribution in [-0.4, -0.2) is 30.5 Å². The highest BCUT2D eigenvalue weighted by Crippen LogP contribution is 2.35. The van der Waals surface area contributed by atoms with Gasteiger partial charge in [-0.15, -0.1) is 11.3 Å². The number of alkyl halides is 3.